The second-order valence-electron chi connectivity index (χ2n) is 8.73. The number of nitrogens with one attached hydrogen (secondary N) is 1. The SMILES string of the molecule is C=C1c2cc(-c3ccc(F)cc3)cn2Cc2cc(N3CC[C@H](CNC)C3)ccc2N1C. The third-order valence-electron chi connectivity index (χ3n) is 6.68. The number of hydrogen-bond acceptors (Lipinski definition) is 3. The van der Waals surface area contributed by atoms with E-state index in [1.54, 1.807) is 0 Å². The summed E-state index contributed by atoms with van der Waals surface area (Å²) in [5, 5.41) is 3.31. The predicted octanol–water partition coefficient (Wildman–Crippen LogP) is 4.81. The van der Waals surface area contributed by atoms with E-state index in [1.807, 2.05) is 19.2 Å². The molecule has 0 unspecified atom stereocenters. The zero-order valence-electron chi connectivity index (χ0n) is 18.2. The van der Waals surface area contributed by atoms with Crippen LogP contribution in [0.4, 0.5) is 15.8 Å². The Morgan fingerprint density at radius 3 is 2.68 bits per heavy atom. The number of halogens is 1. The molecule has 2 aromatic carbocycles. The minimum Gasteiger partial charge on any atom is -0.371 e. The fourth-order valence-corrected chi connectivity index (χ4v) is 4.93. The lowest BCUT2D eigenvalue weighted by Crippen LogP contribution is -2.24. The van der Waals surface area contributed by atoms with Gasteiger partial charge in [-0.05, 0) is 73.5 Å². The van der Waals surface area contributed by atoms with Gasteiger partial charge >= 0.3 is 0 Å². The smallest absolute Gasteiger partial charge is 0.123 e. The fraction of sp³-hybridized carbons (Fsp3) is 0.308. The molecule has 0 saturated carbocycles. The van der Waals surface area contributed by atoms with Crippen LogP contribution in [0.25, 0.3) is 16.8 Å². The van der Waals surface area contributed by atoms with Crippen molar-refractivity contribution >= 4 is 17.1 Å². The number of aromatic nitrogens is 1. The molecule has 1 aromatic heterocycles. The molecule has 31 heavy (non-hydrogen) atoms. The molecule has 2 aliphatic rings. The van der Waals surface area contributed by atoms with E-state index in [-0.39, 0.29) is 5.82 Å². The molecule has 1 N–H and O–H groups in total. The minimum absolute atomic E-state index is 0.214. The largest absolute Gasteiger partial charge is 0.371 e. The Hall–Kier alpha value is -3.05. The molecule has 0 bridgehead atoms. The minimum atomic E-state index is -0.214. The van der Waals surface area contributed by atoms with Crippen molar-refractivity contribution in [2.24, 2.45) is 5.92 Å². The second-order valence-corrected chi connectivity index (χ2v) is 8.73. The summed E-state index contributed by atoms with van der Waals surface area (Å²) in [6.45, 7) is 8.45. The van der Waals surface area contributed by atoms with Crippen molar-refractivity contribution in [1.29, 1.82) is 0 Å². The molecule has 0 spiro atoms. The highest BCUT2D eigenvalue weighted by atomic mass is 19.1. The third kappa shape index (κ3) is 3.63. The first-order chi connectivity index (χ1) is 15.0. The maximum absolute atomic E-state index is 13.4. The Bertz CT molecular complexity index is 1110. The van der Waals surface area contributed by atoms with Gasteiger partial charge in [0.25, 0.3) is 0 Å². The first-order valence-corrected chi connectivity index (χ1v) is 10.9. The summed E-state index contributed by atoms with van der Waals surface area (Å²) in [7, 11) is 4.11. The normalized spacial score (nSPS) is 18.2. The van der Waals surface area contributed by atoms with Crippen molar-refractivity contribution < 1.29 is 4.39 Å². The summed E-state index contributed by atoms with van der Waals surface area (Å²) in [6.07, 6.45) is 3.39. The molecular formula is C26H29FN4. The summed E-state index contributed by atoms with van der Waals surface area (Å²) in [5.41, 5.74) is 7.94. The van der Waals surface area contributed by atoms with E-state index >= 15 is 0 Å². The molecule has 1 atom stereocenters. The van der Waals surface area contributed by atoms with Gasteiger partial charge in [-0.15, -0.1) is 0 Å². The van der Waals surface area contributed by atoms with Gasteiger partial charge in [0, 0.05) is 49.8 Å². The summed E-state index contributed by atoms with van der Waals surface area (Å²) in [5.74, 6) is 0.495. The zero-order valence-corrected chi connectivity index (χ0v) is 18.2. The van der Waals surface area contributed by atoms with Gasteiger partial charge in [-0.1, -0.05) is 18.7 Å². The Kier molecular flexibility index (Phi) is 5.06. The quantitative estimate of drug-likeness (QED) is 0.660. The van der Waals surface area contributed by atoms with Crippen molar-refractivity contribution in [2.75, 3.05) is 43.5 Å². The Labute approximate surface area is 183 Å². The van der Waals surface area contributed by atoms with E-state index in [0.717, 1.165) is 48.7 Å². The highest BCUT2D eigenvalue weighted by Gasteiger charge is 2.25. The molecule has 1 fully saturated rings. The van der Waals surface area contributed by atoms with Crippen LogP contribution in [0.2, 0.25) is 0 Å². The molecule has 2 aliphatic heterocycles. The average molecular weight is 417 g/mol. The molecule has 0 aliphatic carbocycles. The number of benzene rings is 2. The van der Waals surface area contributed by atoms with E-state index in [0.29, 0.717) is 5.92 Å². The van der Waals surface area contributed by atoms with Gasteiger partial charge in [0.05, 0.1) is 11.4 Å². The third-order valence-corrected chi connectivity index (χ3v) is 6.68. The highest BCUT2D eigenvalue weighted by molar-refractivity contribution is 5.82. The average Bonchev–Trinajstić information content (AvgIpc) is 3.39. The van der Waals surface area contributed by atoms with Crippen LogP contribution in [-0.4, -0.2) is 38.3 Å². The molecule has 4 nitrogen and oxygen atoms in total. The lowest BCUT2D eigenvalue weighted by molar-refractivity contribution is 0.549. The number of fused-ring (bicyclic) bond motifs is 2. The number of hydrogen-bond donors (Lipinski definition) is 1. The van der Waals surface area contributed by atoms with Gasteiger partial charge in [0.15, 0.2) is 0 Å². The van der Waals surface area contributed by atoms with Gasteiger partial charge in [-0.2, -0.15) is 0 Å². The summed E-state index contributed by atoms with van der Waals surface area (Å²) in [4.78, 5) is 4.68. The second kappa shape index (κ2) is 7.89. The van der Waals surface area contributed by atoms with E-state index < -0.39 is 0 Å². The van der Waals surface area contributed by atoms with Crippen LogP contribution in [0.3, 0.4) is 0 Å². The van der Waals surface area contributed by atoms with Gasteiger partial charge < -0.3 is 19.7 Å². The van der Waals surface area contributed by atoms with Crippen LogP contribution < -0.4 is 15.1 Å². The van der Waals surface area contributed by atoms with E-state index in [1.165, 1.54) is 35.5 Å². The molecule has 0 amide bonds. The van der Waals surface area contributed by atoms with Crippen molar-refractivity contribution in [3.8, 4) is 11.1 Å². The molecule has 1 saturated heterocycles. The molecule has 3 heterocycles. The summed E-state index contributed by atoms with van der Waals surface area (Å²) >= 11 is 0. The van der Waals surface area contributed by atoms with Crippen molar-refractivity contribution in [3.63, 3.8) is 0 Å². The van der Waals surface area contributed by atoms with Crippen LogP contribution in [0, 0.1) is 11.7 Å². The summed E-state index contributed by atoms with van der Waals surface area (Å²) in [6, 6.07) is 15.7. The fourth-order valence-electron chi connectivity index (χ4n) is 4.93. The molecule has 160 valence electrons. The van der Waals surface area contributed by atoms with Crippen molar-refractivity contribution in [3.05, 3.63) is 78.4 Å². The molecule has 0 radical (unpaired) electrons. The molecule has 5 rings (SSSR count). The number of nitrogens with zero attached hydrogens (tertiary/aromatic N) is 3. The van der Waals surface area contributed by atoms with Gasteiger partial charge in [0.1, 0.15) is 5.82 Å². The molecule has 3 aromatic rings. The number of rotatable bonds is 4. The molecular weight excluding hydrogens is 387 g/mol. The van der Waals surface area contributed by atoms with Crippen LogP contribution in [0.15, 0.2) is 61.3 Å². The predicted molar refractivity (Wildman–Crippen MR) is 127 cm³/mol. The first-order valence-electron chi connectivity index (χ1n) is 10.9. The maximum Gasteiger partial charge on any atom is 0.123 e. The van der Waals surface area contributed by atoms with Gasteiger partial charge in [-0.25, -0.2) is 4.39 Å². The number of anilines is 2. The lowest BCUT2D eigenvalue weighted by Gasteiger charge is -2.24. The Balaban J connectivity index is 1.48. The van der Waals surface area contributed by atoms with E-state index in [4.69, 9.17) is 0 Å². The maximum atomic E-state index is 13.4. The highest BCUT2D eigenvalue weighted by Crippen LogP contribution is 2.37. The standard InChI is InChI=1S/C26H29FN4/c1-18-26-13-21(20-4-6-23(27)7-5-20)16-31(26)17-22-12-24(8-9-25(22)29(18)3)30-11-10-19(15-30)14-28-2/h4-9,12-13,16,19,28H,1,10-11,14-15,17H2,2-3H3/t19-/m1/s1. The lowest BCUT2D eigenvalue weighted by atomic mass is 10.1. The van der Waals surface area contributed by atoms with Crippen LogP contribution in [0.5, 0.6) is 0 Å². The zero-order chi connectivity index (χ0) is 21.5. The van der Waals surface area contributed by atoms with Gasteiger partial charge in [0.2, 0.25) is 0 Å². The van der Waals surface area contributed by atoms with Crippen molar-refractivity contribution in [1.82, 2.24) is 9.88 Å². The van der Waals surface area contributed by atoms with E-state index in [2.05, 4.69) is 63.8 Å². The topological polar surface area (TPSA) is 23.4 Å². The Morgan fingerprint density at radius 2 is 1.90 bits per heavy atom. The monoisotopic (exact) mass is 416 g/mol. The van der Waals surface area contributed by atoms with E-state index in [9.17, 15) is 4.39 Å². The van der Waals surface area contributed by atoms with Crippen LogP contribution >= 0.6 is 0 Å². The first kappa shape index (κ1) is 19.9. The van der Waals surface area contributed by atoms with Crippen molar-refractivity contribution in [2.45, 2.75) is 13.0 Å². The summed E-state index contributed by atoms with van der Waals surface area (Å²) < 4.78 is 15.6. The van der Waals surface area contributed by atoms with Crippen LogP contribution in [-0.2, 0) is 6.54 Å². The molecule has 5 heteroatoms. The Morgan fingerprint density at radius 1 is 1.10 bits per heavy atom. The van der Waals surface area contributed by atoms with Crippen LogP contribution in [0.1, 0.15) is 17.7 Å². The van der Waals surface area contributed by atoms with Gasteiger partial charge in [-0.3, -0.25) is 0 Å².